The molecule has 11 heteroatoms. The summed E-state index contributed by atoms with van der Waals surface area (Å²) in [6, 6.07) is 10.7. The minimum atomic E-state index is -3.34. The molecule has 0 radical (unpaired) electrons. The number of nitro groups is 1. The van der Waals surface area contributed by atoms with Crippen LogP contribution < -0.4 is 4.80 Å². The summed E-state index contributed by atoms with van der Waals surface area (Å²) >= 11 is 2.91. The predicted molar refractivity (Wildman–Crippen MR) is 124 cm³/mol. The number of carbonyl (C=O) groups excluding carboxylic acids is 1. The number of hydrogen-bond acceptors (Lipinski definition) is 7. The number of aromatic nitrogens is 1. The second-order valence-corrected chi connectivity index (χ2v) is 10.6. The molecule has 3 aromatic rings. The fourth-order valence-electron chi connectivity index (χ4n) is 2.77. The second-order valence-electron chi connectivity index (χ2n) is 6.56. The number of sulfone groups is 1. The Balaban J connectivity index is 1.96. The van der Waals surface area contributed by atoms with Crippen molar-refractivity contribution < 1.29 is 18.1 Å². The molecular formula is C20H19N3O5S3. The summed E-state index contributed by atoms with van der Waals surface area (Å²) in [4.78, 5) is 27.5. The van der Waals surface area contributed by atoms with Crippen molar-refractivity contribution in [1.29, 1.82) is 0 Å². The van der Waals surface area contributed by atoms with Gasteiger partial charge in [0.1, 0.15) is 0 Å². The number of fused-ring (bicyclic) bond motifs is 1. The summed E-state index contributed by atoms with van der Waals surface area (Å²) in [6.45, 7) is 0.623. The molecule has 0 saturated carbocycles. The normalized spacial score (nSPS) is 12.6. The van der Waals surface area contributed by atoms with Gasteiger partial charge in [-0.05, 0) is 48.2 Å². The van der Waals surface area contributed by atoms with Gasteiger partial charge in [-0.25, -0.2) is 8.42 Å². The van der Waals surface area contributed by atoms with E-state index in [0.717, 1.165) is 22.2 Å². The Morgan fingerprint density at radius 1 is 1.26 bits per heavy atom. The number of thioether (sulfide) groups is 1. The summed E-state index contributed by atoms with van der Waals surface area (Å²) in [5.41, 5.74) is 1.43. The Labute approximate surface area is 187 Å². The molecule has 0 N–H and O–H groups in total. The van der Waals surface area contributed by atoms with Gasteiger partial charge in [0.15, 0.2) is 14.6 Å². The van der Waals surface area contributed by atoms with Crippen molar-refractivity contribution in [2.45, 2.75) is 11.4 Å². The molecule has 162 valence electrons. The molecule has 1 heterocycles. The molecule has 2 aromatic carbocycles. The molecule has 0 saturated heterocycles. The van der Waals surface area contributed by atoms with Gasteiger partial charge >= 0.3 is 0 Å². The third-order valence-corrected chi connectivity index (χ3v) is 7.07. The number of thiazole rings is 1. The average molecular weight is 478 g/mol. The van der Waals surface area contributed by atoms with E-state index in [1.54, 1.807) is 42.1 Å². The number of carbonyl (C=O) groups is 1. The van der Waals surface area contributed by atoms with E-state index in [1.807, 2.05) is 10.8 Å². The molecule has 0 unspecified atom stereocenters. The number of nitro benzene ring substituents is 1. The number of benzene rings is 2. The van der Waals surface area contributed by atoms with Crippen LogP contribution in [0.4, 0.5) is 5.69 Å². The highest BCUT2D eigenvalue weighted by Crippen LogP contribution is 2.22. The van der Waals surface area contributed by atoms with E-state index in [4.69, 9.17) is 0 Å². The molecule has 0 aliphatic rings. The number of aryl methyl sites for hydroxylation is 1. The lowest BCUT2D eigenvalue weighted by Gasteiger charge is -2.04. The number of rotatable bonds is 7. The van der Waals surface area contributed by atoms with E-state index in [1.165, 1.54) is 35.6 Å². The van der Waals surface area contributed by atoms with Crippen LogP contribution in [0.3, 0.4) is 0 Å². The van der Waals surface area contributed by atoms with E-state index in [9.17, 15) is 23.3 Å². The standard InChI is InChI=1S/C20H19N3O5S3/c1-29-12-11-22-17-9-8-16(31(2,27)28)13-18(17)30-20(22)21-19(24)10-5-14-3-6-15(7-4-14)23(25)26/h3-10,13H,11-12H2,1-2H3/b10-5+,21-20?. The van der Waals surface area contributed by atoms with Gasteiger partial charge < -0.3 is 4.57 Å². The lowest BCUT2D eigenvalue weighted by Crippen LogP contribution is -2.17. The van der Waals surface area contributed by atoms with Gasteiger partial charge in [-0.1, -0.05) is 11.3 Å². The molecule has 31 heavy (non-hydrogen) atoms. The molecule has 0 fully saturated rings. The molecule has 0 bridgehead atoms. The Morgan fingerprint density at radius 2 is 1.97 bits per heavy atom. The Bertz CT molecular complexity index is 1340. The first-order valence-electron chi connectivity index (χ1n) is 9.02. The first kappa shape index (κ1) is 22.9. The van der Waals surface area contributed by atoms with Crippen LogP contribution in [0, 0.1) is 10.1 Å². The lowest BCUT2D eigenvalue weighted by atomic mass is 10.2. The fourth-order valence-corrected chi connectivity index (χ4v) is 4.96. The largest absolute Gasteiger partial charge is 0.316 e. The SMILES string of the molecule is CSCCn1c(=NC(=O)/C=C/c2ccc([N+](=O)[O-])cc2)sc2cc(S(C)(=O)=O)ccc21. The van der Waals surface area contributed by atoms with Crippen molar-refractivity contribution in [3.8, 4) is 0 Å². The summed E-state index contributed by atoms with van der Waals surface area (Å²) in [5, 5.41) is 10.7. The van der Waals surface area contributed by atoms with E-state index >= 15 is 0 Å². The van der Waals surface area contributed by atoms with Gasteiger partial charge in [0.2, 0.25) is 0 Å². The van der Waals surface area contributed by atoms with E-state index < -0.39 is 20.7 Å². The molecule has 0 aliphatic heterocycles. The quantitative estimate of drug-likeness (QED) is 0.292. The van der Waals surface area contributed by atoms with Gasteiger partial charge in [0.05, 0.1) is 20.0 Å². The number of non-ortho nitro benzene ring substituents is 1. The van der Waals surface area contributed by atoms with Crippen LogP contribution in [-0.2, 0) is 21.2 Å². The maximum Gasteiger partial charge on any atom is 0.272 e. The van der Waals surface area contributed by atoms with Crippen LogP contribution in [0.1, 0.15) is 5.56 Å². The molecule has 8 nitrogen and oxygen atoms in total. The summed E-state index contributed by atoms with van der Waals surface area (Å²) in [7, 11) is -3.34. The zero-order chi connectivity index (χ0) is 22.6. The maximum absolute atomic E-state index is 12.4. The molecule has 1 amide bonds. The lowest BCUT2D eigenvalue weighted by molar-refractivity contribution is -0.384. The maximum atomic E-state index is 12.4. The van der Waals surface area contributed by atoms with Crippen molar-refractivity contribution >= 4 is 60.8 Å². The van der Waals surface area contributed by atoms with Crippen LogP contribution in [0.15, 0.2) is 58.4 Å². The number of nitrogens with zero attached hydrogens (tertiary/aromatic N) is 3. The topological polar surface area (TPSA) is 112 Å². The third kappa shape index (κ3) is 5.69. The smallest absolute Gasteiger partial charge is 0.272 e. The van der Waals surface area contributed by atoms with Crippen molar-refractivity contribution in [3.63, 3.8) is 0 Å². The van der Waals surface area contributed by atoms with Gasteiger partial charge in [0, 0.05) is 36.8 Å². The van der Waals surface area contributed by atoms with E-state index in [0.29, 0.717) is 16.9 Å². The van der Waals surface area contributed by atoms with E-state index in [-0.39, 0.29) is 10.6 Å². The first-order chi connectivity index (χ1) is 14.7. The molecule has 0 atom stereocenters. The molecule has 1 aromatic heterocycles. The highest BCUT2D eigenvalue weighted by molar-refractivity contribution is 7.98. The van der Waals surface area contributed by atoms with Gasteiger partial charge in [-0.2, -0.15) is 16.8 Å². The zero-order valence-corrected chi connectivity index (χ0v) is 19.2. The van der Waals surface area contributed by atoms with Crippen LogP contribution >= 0.6 is 23.1 Å². The Kier molecular flexibility index (Phi) is 7.08. The van der Waals surface area contributed by atoms with Crippen LogP contribution in [0.5, 0.6) is 0 Å². The van der Waals surface area contributed by atoms with Crippen molar-refractivity contribution in [3.05, 3.63) is 69.0 Å². The fraction of sp³-hybridized carbons (Fsp3) is 0.200. The summed E-state index contributed by atoms with van der Waals surface area (Å²) in [6.07, 6.45) is 5.97. The monoisotopic (exact) mass is 477 g/mol. The molecular weight excluding hydrogens is 458 g/mol. The first-order valence-corrected chi connectivity index (χ1v) is 13.1. The van der Waals surface area contributed by atoms with Crippen molar-refractivity contribution in [2.24, 2.45) is 4.99 Å². The van der Waals surface area contributed by atoms with E-state index in [2.05, 4.69) is 4.99 Å². The van der Waals surface area contributed by atoms with Gasteiger partial charge in [-0.15, -0.1) is 0 Å². The predicted octanol–water partition coefficient (Wildman–Crippen LogP) is 3.52. The highest BCUT2D eigenvalue weighted by atomic mass is 32.2. The van der Waals surface area contributed by atoms with Gasteiger partial charge in [-0.3, -0.25) is 14.9 Å². The number of hydrogen-bond donors (Lipinski definition) is 0. The zero-order valence-electron chi connectivity index (χ0n) is 16.7. The Hall–Kier alpha value is -2.76. The summed E-state index contributed by atoms with van der Waals surface area (Å²) < 4.78 is 26.4. The summed E-state index contributed by atoms with van der Waals surface area (Å²) in [5.74, 6) is 0.325. The highest BCUT2D eigenvalue weighted by Gasteiger charge is 2.12. The third-order valence-electron chi connectivity index (χ3n) is 4.33. The Morgan fingerprint density at radius 3 is 2.58 bits per heavy atom. The van der Waals surface area contributed by atoms with Crippen molar-refractivity contribution in [1.82, 2.24) is 4.57 Å². The average Bonchev–Trinajstić information content (AvgIpc) is 3.06. The minimum Gasteiger partial charge on any atom is -0.316 e. The minimum absolute atomic E-state index is 0.0262. The van der Waals surface area contributed by atoms with Crippen molar-refractivity contribution in [2.75, 3.05) is 18.3 Å². The second kappa shape index (κ2) is 9.58. The molecule has 3 rings (SSSR count). The van der Waals surface area contributed by atoms with Crippen LogP contribution in [-0.4, -0.2) is 42.1 Å². The molecule has 0 spiro atoms. The van der Waals surface area contributed by atoms with Crippen LogP contribution in [0.25, 0.3) is 16.3 Å². The molecule has 0 aliphatic carbocycles. The van der Waals surface area contributed by atoms with Crippen LogP contribution in [0.2, 0.25) is 0 Å². The number of amides is 1. The van der Waals surface area contributed by atoms with Gasteiger partial charge in [0.25, 0.3) is 11.6 Å².